The van der Waals surface area contributed by atoms with Crippen molar-refractivity contribution in [3.05, 3.63) is 27.0 Å². The normalized spacial score (nSPS) is 9.83. The van der Waals surface area contributed by atoms with Gasteiger partial charge in [-0.2, -0.15) is 0 Å². The quantitative estimate of drug-likeness (QED) is 0.413. The van der Waals surface area contributed by atoms with Gasteiger partial charge in [-0.05, 0) is 6.92 Å². The summed E-state index contributed by atoms with van der Waals surface area (Å²) in [4.78, 5) is 13.2. The standard InChI is InChI=1S/C6H5ClN2O3/c1-3-2-4(9(11)12)5(10)6(7)8-3/h2,10H,1H3. The van der Waals surface area contributed by atoms with E-state index < -0.39 is 16.4 Å². The van der Waals surface area contributed by atoms with Gasteiger partial charge in [-0.15, -0.1) is 0 Å². The van der Waals surface area contributed by atoms with Crippen LogP contribution in [0.1, 0.15) is 5.69 Å². The topological polar surface area (TPSA) is 76.3 Å². The summed E-state index contributed by atoms with van der Waals surface area (Å²) in [5.74, 6) is -0.590. The molecule has 12 heavy (non-hydrogen) atoms. The summed E-state index contributed by atoms with van der Waals surface area (Å²) in [5, 5.41) is 19.1. The molecule has 1 aromatic heterocycles. The number of nitrogens with zero attached hydrogens (tertiary/aromatic N) is 2. The molecular formula is C6H5ClN2O3. The molecule has 1 heterocycles. The van der Waals surface area contributed by atoms with Crippen LogP contribution >= 0.6 is 11.6 Å². The van der Waals surface area contributed by atoms with Crippen molar-refractivity contribution in [3.8, 4) is 5.75 Å². The van der Waals surface area contributed by atoms with Crippen molar-refractivity contribution in [2.24, 2.45) is 0 Å². The molecule has 1 rings (SSSR count). The molecule has 1 N–H and O–H groups in total. The van der Waals surface area contributed by atoms with Crippen LogP contribution in [0.15, 0.2) is 6.07 Å². The molecule has 0 unspecified atom stereocenters. The first kappa shape index (κ1) is 8.73. The predicted octanol–water partition coefficient (Wildman–Crippen LogP) is 1.66. The molecule has 0 aromatic carbocycles. The van der Waals surface area contributed by atoms with Gasteiger partial charge in [0.1, 0.15) is 0 Å². The molecule has 0 atom stereocenters. The Morgan fingerprint density at radius 1 is 1.75 bits per heavy atom. The Bertz CT molecular complexity index is 340. The van der Waals surface area contributed by atoms with Crippen molar-refractivity contribution in [1.82, 2.24) is 4.98 Å². The Hall–Kier alpha value is -1.36. The highest BCUT2D eigenvalue weighted by atomic mass is 35.5. The second kappa shape index (κ2) is 2.94. The molecule has 0 spiro atoms. The molecule has 5 nitrogen and oxygen atoms in total. The molecule has 0 aliphatic heterocycles. The monoisotopic (exact) mass is 188 g/mol. The van der Waals surface area contributed by atoms with Gasteiger partial charge < -0.3 is 5.11 Å². The highest BCUT2D eigenvalue weighted by Gasteiger charge is 2.17. The Balaban J connectivity index is 3.37. The van der Waals surface area contributed by atoms with Crippen LogP contribution in [-0.4, -0.2) is 15.0 Å². The Morgan fingerprint density at radius 2 is 2.33 bits per heavy atom. The molecule has 1 aromatic rings. The van der Waals surface area contributed by atoms with E-state index in [9.17, 15) is 10.1 Å². The average Bonchev–Trinajstić information content (AvgIpc) is 1.96. The van der Waals surface area contributed by atoms with Crippen molar-refractivity contribution in [2.45, 2.75) is 6.92 Å². The van der Waals surface area contributed by atoms with Gasteiger partial charge in [0.15, 0.2) is 5.15 Å². The lowest BCUT2D eigenvalue weighted by molar-refractivity contribution is -0.386. The van der Waals surface area contributed by atoms with Crippen molar-refractivity contribution < 1.29 is 10.0 Å². The molecule has 0 saturated carbocycles. The molecule has 0 aliphatic carbocycles. The minimum Gasteiger partial charge on any atom is -0.500 e. The molecule has 0 amide bonds. The Morgan fingerprint density at radius 3 is 2.83 bits per heavy atom. The van der Waals surface area contributed by atoms with Gasteiger partial charge in [-0.25, -0.2) is 4.98 Å². The minimum absolute atomic E-state index is 0.248. The number of aromatic hydroxyl groups is 1. The maximum Gasteiger partial charge on any atom is 0.315 e. The summed E-state index contributed by atoms with van der Waals surface area (Å²) in [6, 6.07) is 1.15. The largest absolute Gasteiger partial charge is 0.500 e. The first-order valence-corrected chi connectivity index (χ1v) is 3.40. The summed E-state index contributed by atoms with van der Waals surface area (Å²) >= 11 is 5.40. The Labute approximate surface area is 72.8 Å². The zero-order valence-corrected chi connectivity index (χ0v) is 6.87. The van der Waals surface area contributed by atoms with Crippen molar-refractivity contribution in [2.75, 3.05) is 0 Å². The summed E-state index contributed by atoms with van der Waals surface area (Å²) in [6.45, 7) is 1.55. The first-order chi connectivity index (χ1) is 5.52. The number of hydrogen-bond acceptors (Lipinski definition) is 4. The summed E-state index contributed by atoms with van der Waals surface area (Å²) in [6.07, 6.45) is 0. The Kier molecular flexibility index (Phi) is 2.14. The molecule has 6 heteroatoms. The van der Waals surface area contributed by atoms with Crippen LogP contribution in [0.25, 0.3) is 0 Å². The van der Waals surface area contributed by atoms with E-state index in [4.69, 9.17) is 16.7 Å². The van der Waals surface area contributed by atoms with E-state index in [1.165, 1.54) is 0 Å². The van der Waals surface area contributed by atoms with Gasteiger partial charge in [-0.1, -0.05) is 11.6 Å². The summed E-state index contributed by atoms with van der Waals surface area (Å²) in [7, 11) is 0. The van der Waals surface area contributed by atoms with Gasteiger partial charge in [0.25, 0.3) is 0 Å². The van der Waals surface area contributed by atoms with Gasteiger partial charge in [0.05, 0.1) is 4.92 Å². The van der Waals surface area contributed by atoms with Crippen LogP contribution in [-0.2, 0) is 0 Å². The number of aromatic nitrogens is 1. The zero-order chi connectivity index (χ0) is 9.30. The summed E-state index contributed by atoms with van der Waals surface area (Å²) < 4.78 is 0. The van der Waals surface area contributed by atoms with Gasteiger partial charge >= 0.3 is 5.69 Å². The van der Waals surface area contributed by atoms with E-state index in [1.807, 2.05) is 0 Å². The number of rotatable bonds is 1. The maximum absolute atomic E-state index is 10.3. The van der Waals surface area contributed by atoms with Gasteiger partial charge in [0.2, 0.25) is 5.75 Å². The lowest BCUT2D eigenvalue weighted by Crippen LogP contribution is -1.92. The third kappa shape index (κ3) is 1.45. The van der Waals surface area contributed by atoms with Crippen LogP contribution in [0, 0.1) is 17.0 Å². The molecular weight excluding hydrogens is 184 g/mol. The molecule has 64 valence electrons. The van der Waals surface area contributed by atoms with E-state index in [1.54, 1.807) is 6.92 Å². The van der Waals surface area contributed by atoms with Crippen LogP contribution in [0.2, 0.25) is 5.15 Å². The van der Waals surface area contributed by atoms with Crippen LogP contribution in [0.4, 0.5) is 5.69 Å². The number of hydrogen-bond donors (Lipinski definition) is 1. The number of pyridine rings is 1. The van der Waals surface area contributed by atoms with Crippen molar-refractivity contribution in [3.63, 3.8) is 0 Å². The zero-order valence-electron chi connectivity index (χ0n) is 6.11. The SMILES string of the molecule is Cc1cc([N+](=O)[O-])c(O)c(Cl)n1. The molecule has 0 fully saturated rings. The second-order valence-corrected chi connectivity index (χ2v) is 2.54. The number of aryl methyl sites for hydroxylation is 1. The highest BCUT2D eigenvalue weighted by Crippen LogP contribution is 2.31. The fraction of sp³-hybridized carbons (Fsp3) is 0.167. The summed E-state index contributed by atoms with van der Waals surface area (Å²) in [5.41, 5.74) is -0.0306. The number of nitro groups is 1. The van der Waals surface area contributed by atoms with E-state index in [2.05, 4.69) is 4.98 Å². The lowest BCUT2D eigenvalue weighted by Gasteiger charge is -1.98. The van der Waals surface area contributed by atoms with Crippen molar-refractivity contribution in [1.29, 1.82) is 0 Å². The first-order valence-electron chi connectivity index (χ1n) is 3.03. The fourth-order valence-corrected chi connectivity index (χ4v) is 0.981. The van der Waals surface area contributed by atoms with Crippen LogP contribution < -0.4 is 0 Å². The third-order valence-corrected chi connectivity index (χ3v) is 1.52. The molecule has 0 aliphatic rings. The van der Waals surface area contributed by atoms with Crippen molar-refractivity contribution >= 4 is 17.3 Å². The number of halogens is 1. The third-order valence-electron chi connectivity index (χ3n) is 1.25. The van der Waals surface area contributed by atoms with Crippen LogP contribution in [0.5, 0.6) is 5.75 Å². The average molecular weight is 189 g/mol. The van der Waals surface area contributed by atoms with E-state index in [-0.39, 0.29) is 5.15 Å². The smallest absolute Gasteiger partial charge is 0.315 e. The highest BCUT2D eigenvalue weighted by molar-refractivity contribution is 6.31. The maximum atomic E-state index is 10.3. The fourth-order valence-electron chi connectivity index (χ4n) is 0.751. The second-order valence-electron chi connectivity index (χ2n) is 2.18. The van der Waals surface area contributed by atoms with Gasteiger partial charge in [-0.3, -0.25) is 10.1 Å². The lowest BCUT2D eigenvalue weighted by atomic mass is 10.3. The molecule has 0 bridgehead atoms. The van der Waals surface area contributed by atoms with Gasteiger partial charge in [0, 0.05) is 11.8 Å². The predicted molar refractivity (Wildman–Crippen MR) is 42.3 cm³/mol. The minimum atomic E-state index is -0.712. The molecule has 0 radical (unpaired) electrons. The van der Waals surface area contributed by atoms with E-state index >= 15 is 0 Å². The van der Waals surface area contributed by atoms with E-state index in [0.29, 0.717) is 5.69 Å². The molecule has 0 saturated heterocycles. The van der Waals surface area contributed by atoms with E-state index in [0.717, 1.165) is 6.07 Å². The van der Waals surface area contributed by atoms with Crippen LogP contribution in [0.3, 0.4) is 0 Å².